The molecule has 0 spiro atoms. The fourth-order valence-corrected chi connectivity index (χ4v) is 1.32. The van der Waals surface area contributed by atoms with Crippen molar-refractivity contribution in [2.75, 3.05) is 13.1 Å². The van der Waals surface area contributed by atoms with Gasteiger partial charge in [0.1, 0.15) is 0 Å². The summed E-state index contributed by atoms with van der Waals surface area (Å²) in [6, 6.07) is 0. The normalized spacial score (nSPS) is 12.5. The topological polar surface area (TPSA) is 12.0 Å². The van der Waals surface area contributed by atoms with E-state index in [0.29, 0.717) is 5.41 Å². The molecule has 0 aliphatic rings. The first kappa shape index (κ1) is 13.0. The van der Waals surface area contributed by atoms with Crippen LogP contribution in [0.5, 0.6) is 0 Å². The van der Waals surface area contributed by atoms with Gasteiger partial charge in [0, 0.05) is 6.54 Å². The van der Waals surface area contributed by atoms with E-state index in [1.165, 1.54) is 25.8 Å². The van der Waals surface area contributed by atoms with Gasteiger partial charge in [0.05, 0.1) is 0 Å². The van der Waals surface area contributed by atoms with Crippen molar-refractivity contribution in [2.24, 2.45) is 11.3 Å². The lowest BCUT2D eigenvalue weighted by molar-refractivity contribution is 0.312. The smallest absolute Gasteiger partial charge is 0.000253 e. The van der Waals surface area contributed by atoms with Gasteiger partial charge < -0.3 is 5.32 Å². The molecule has 0 radical (unpaired) electrons. The van der Waals surface area contributed by atoms with Crippen LogP contribution in [-0.4, -0.2) is 13.1 Å². The molecular weight excluding hydrogens is 158 g/mol. The Morgan fingerprint density at radius 2 is 1.62 bits per heavy atom. The predicted molar refractivity (Wildman–Crippen MR) is 61.0 cm³/mol. The molecule has 1 heteroatoms. The monoisotopic (exact) mass is 185 g/mol. The highest BCUT2D eigenvalue weighted by Gasteiger charge is 2.14. The van der Waals surface area contributed by atoms with Gasteiger partial charge in [0.2, 0.25) is 0 Å². The first-order valence-corrected chi connectivity index (χ1v) is 5.76. The molecule has 0 aliphatic heterocycles. The van der Waals surface area contributed by atoms with Crippen molar-refractivity contribution in [1.82, 2.24) is 5.32 Å². The van der Waals surface area contributed by atoms with E-state index < -0.39 is 0 Å². The molecular formula is C12H27N. The fraction of sp³-hybridized carbons (Fsp3) is 1.00. The summed E-state index contributed by atoms with van der Waals surface area (Å²) in [6.45, 7) is 13.8. The molecule has 80 valence electrons. The van der Waals surface area contributed by atoms with Crippen LogP contribution in [0.3, 0.4) is 0 Å². The van der Waals surface area contributed by atoms with Crippen molar-refractivity contribution in [2.45, 2.75) is 53.9 Å². The van der Waals surface area contributed by atoms with Crippen LogP contribution in [0.25, 0.3) is 0 Å². The van der Waals surface area contributed by atoms with Gasteiger partial charge in [0.25, 0.3) is 0 Å². The Bertz CT molecular complexity index is 114. The first-order chi connectivity index (χ1) is 6.05. The molecule has 0 fully saturated rings. The molecule has 0 heterocycles. The molecule has 0 rings (SSSR count). The van der Waals surface area contributed by atoms with E-state index in [1.54, 1.807) is 0 Å². The van der Waals surface area contributed by atoms with E-state index in [-0.39, 0.29) is 0 Å². The highest BCUT2D eigenvalue weighted by molar-refractivity contribution is 4.70. The third kappa shape index (κ3) is 6.09. The van der Waals surface area contributed by atoms with Gasteiger partial charge in [-0.1, -0.05) is 47.5 Å². The number of hydrogen-bond donors (Lipinski definition) is 1. The second kappa shape index (κ2) is 6.42. The van der Waals surface area contributed by atoms with Crippen molar-refractivity contribution < 1.29 is 0 Å². The first-order valence-electron chi connectivity index (χ1n) is 5.76. The van der Waals surface area contributed by atoms with Crippen LogP contribution < -0.4 is 5.32 Å². The van der Waals surface area contributed by atoms with Crippen LogP contribution in [0.2, 0.25) is 0 Å². The summed E-state index contributed by atoms with van der Waals surface area (Å²) in [5.41, 5.74) is 0.464. The highest BCUT2D eigenvalue weighted by atomic mass is 14.9. The average molecular weight is 185 g/mol. The lowest BCUT2D eigenvalue weighted by atomic mass is 9.90. The molecule has 0 saturated carbocycles. The third-order valence-corrected chi connectivity index (χ3v) is 3.15. The maximum atomic E-state index is 3.58. The molecule has 0 bridgehead atoms. The molecule has 0 aromatic rings. The van der Waals surface area contributed by atoms with Gasteiger partial charge >= 0.3 is 0 Å². The Balaban J connectivity index is 3.54. The maximum Gasteiger partial charge on any atom is 0.000253 e. The van der Waals surface area contributed by atoms with E-state index in [0.717, 1.165) is 12.5 Å². The van der Waals surface area contributed by atoms with Crippen LogP contribution in [-0.2, 0) is 0 Å². The summed E-state index contributed by atoms with van der Waals surface area (Å²) in [5, 5.41) is 3.58. The van der Waals surface area contributed by atoms with E-state index >= 15 is 0 Å². The Morgan fingerprint density at radius 3 is 2.00 bits per heavy atom. The van der Waals surface area contributed by atoms with E-state index in [2.05, 4.69) is 39.9 Å². The lowest BCUT2D eigenvalue weighted by Crippen LogP contribution is -2.32. The minimum Gasteiger partial charge on any atom is -0.316 e. The zero-order valence-corrected chi connectivity index (χ0v) is 10.1. The summed E-state index contributed by atoms with van der Waals surface area (Å²) < 4.78 is 0. The lowest BCUT2D eigenvalue weighted by Gasteiger charge is -2.24. The number of hydrogen-bond acceptors (Lipinski definition) is 1. The second-order valence-electron chi connectivity index (χ2n) is 4.83. The van der Waals surface area contributed by atoms with Crippen LogP contribution in [0.1, 0.15) is 53.9 Å². The highest BCUT2D eigenvalue weighted by Crippen LogP contribution is 2.18. The summed E-state index contributed by atoms with van der Waals surface area (Å²) in [6.07, 6.45) is 3.86. The van der Waals surface area contributed by atoms with Crippen LogP contribution in [0.4, 0.5) is 0 Å². The standard InChI is InChI=1S/C12H27N/c1-6-11(7-2)9-13-10-12(4,5)8-3/h11,13H,6-10H2,1-5H3. The Kier molecular flexibility index (Phi) is 6.40. The molecule has 13 heavy (non-hydrogen) atoms. The largest absolute Gasteiger partial charge is 0.316 e. The summed E-state index contributed by atoms with van der Waals surface area (Å²) in [7, 11) is 0. The predicted octanol–water partition coefficient (Wildman–Crippen LogP) is 3.45. The summed E-state index contributed by atoms with van der Waals surface area (Å²) in [4.78, 5) is 0. The quantitative estimate of drug-likeness (QED) is 0.640. The average Bonchev–Trinajstić information content (AvgIpc) is 2.12. The Labute approximate surface area is 84.3 Å². The Morgan fingerprint density at radius 1 is 1.08 bits per heavy atom. The maximum absolute atomic E-state index is 3.58. The zero-order valence-electron chi connectivity index (χ0n) is 10.1. The van der Waals surface area contributed by atoms with Crippen molar-refractivity contribution in [3.05, 3.63) is 0 Å². The van der Waals surface area contributed by atoms with Crippen molar-refractivity contribution in [3.63, 3.8) is 0 Å². The zero-order chi connectivity index (χ0) is 10.3. The van der Waals surface area contributed by atoms with Crippen LogP contribution in [0, 0.1) is 11.3 Å². The van der Waals surface area contributed by atoms with Gasteiger partial charge in [-0.15, -0.1) is 0 Å². The molecule has 0 aliphatic carbocycles. The van der Waals surface area contributed by atoms with Crippen molar-refractivity contribution in [3.8, 4) is 0 Å². The van der Waals surface area contributed by atoms with Gasteiger partial charge in [-0.25, -0.2) is 0 Å². The summed E-state index contributed by atoms with van der Waals surface area (Å²) in [5.74, 6) is 0.868. The second-order valence-corrected chi connectivity index (χ2v) is 4.83. The number of rotatable bonds is 7. The van der Waals surface area contributed by atoms with Crippen LogP contribution >= 0.6 is 0 Å². The van der Waals surface area contributed by atoms with E-state index in [4.69, 9.17) is 0 Å². The van der Waals surface area contributed by atoms with Gasteiger partial charge in [0.15, 0.2) is 0 Å². The van der Waals surface area contributed by atoms with Crippen molar-refractivity contribution >= 4 is 0 Å². The molecule has 0 saturated heterocycles. The molecule has 0 atom stereocenters. The fourth-order valence-electron chi connectivity index (χ4n) is 1.32. The SMILES string of the molecule is CCC(CC)CNCC(C)(C)CC. The van der Waals surface area contributed by atoms with E-state index in [9.17, 15) is 0 Å². The molecule has 0 amide bonds. The van der Waals surface area contributed by atoms with Gasteiger partial charge in [-0.3, -0.25) is 0 Å². The number of nitrogens with one attached hydrogen (secondary N) is 1. The minimum atomic E-state index is 0.464. The van der Waals surface area contributed by atoms with Crippen molar-refractivity contribution in [1.29, 1.82) is 0 Å². The Hall–Kier alpha value is -0.0400. The van der Waals surface area contributed by atoms with Gasteiger partial charge in [-0.2, -0.15) is 0 Å². The third-order valence-electron chi connectivity index (χ3n) is 3.15. The van der Waals surface area contributed by atoms with Crippen LogP contribution in [0.15, 0.2) is 0 Å². The molecule has 1 N–H and O–H groups in total. The van der Waals surface area contributed by atoms with Gasteiger partial charge in [-0.05, 0) is 24.3 Å². The minimum absolute atomic E-state index is 0.464. The molecule has 0 aromatic carbocycles. The molecule has 0 aromatic heterocycles. The molecule has 0 unspecified atom stereocenters. The molecule has 1 nitrogen and oxygen atoms in total. The summed E-state index contributed by atoms with van der Waals surface area (Å²) >= 11 is 0. The van der Waals surface area contributed by atoms with E-state index in [1.807, 2.05) is 0 Å².